The summed E-state index contributed by atoms with van der Waals surface area (Å²) < 4.78 is 6.30. The molecule has 0 atom stereocenters. The van der Waals surface area contributed by atoms with Crippen molar-refractivity contribution in [1.82, 2.24) is 10.1 Å². The molecule has 2 aromatic rings. The van der Waals surface area contributed by atoms with Crippen molar-refractivity contribution in [2.45, 2.75) is 6.92 Å². The molecule has 0 unspecified atom stereocenters. The predicted molar refractivity (Wildman–Crippen MR) is 75.8 cm³/mol. The van der Waals surface area contributed by atoms with Crippen LogP contribution in [-0.4, -0.2) is 23.7 Å². The number of halogens is 1. The molecule has 0 aliphatic rings. The topological polar surface area (TPSA) is 68.2 Å². The summed E-state index contributed by atoms with van der Waals surface area (Å²) in [4.78, 5) is 6.22. The molecule has 0 saturated heterocycles. The molecule has 0 amide bonds. The quantitative estimate of drug-likeness (QED) is 0.684. The van der Waals surface area contributed by atoms with E-state index in [1.54, 1.807) is 0 Å². The molecule has 90 valence electrons. The maximum atomic E-state index is 5.89. The van der Waals surface area contributed by atoms with Gasteiger partial charge in [0.05, 0.1) is 5.56 Å². The van der Waals surface area contributed by atoms with Gasteiger partial charge in [0, 0.05) is 22.8 Å². The molecule has 5 nitrogen and oxygen atoms in total. The number of nitrogens with zero attached hydrogens (tertiary/aromatic N) is 3. The lowest BCUT2D eigenvalue weighted by Crippen LogP contribution is -2.16. The van der Waals surface area contributed by atoms with E-state index in [0.29, 0.717) is 17.5 Å². The molecular formula is C11H13IN4O. The summed E-state index contributed by atoms with van der Waals surface area (Å²) >= 11 is 2.22. The number of aromatic nitrogens is 2. The first-order valence-corrected chi connectivity index (χ1v) is 6.30. The van der Waals surface area contributed by atoms with Crippen molar-refractivity contribution in [3.63, 3.8) is 0 Å². The van der Waals surface area contributed by atoms with Crippen LogP contribution >= 0.6 is 22.6 Å². The molecule has 0 bridgehead atoms. The van der Waals surface area contributed by atoms with Crippen LogP contribution in [0.15, 0.2) is 22.7 Å². The van der Waals surface area contributed by atoms with Crippen LogP contribution in [0.1, 0.15) is 6.92 Å². The highest BCUT2D eigenvalue weighted by Crippen LogP contribution is 2.27. The van der Waals surface area contributed by atoms with E-state index in [-0.39, 0.29) is 0 Å². The lowest BCUT2D eigenvalue weighted by atomic mass is 10.2. The van der Waals surface area contributed by atoms with Gasteiger partial charge in [0.25, 0.3) is 11.8 Å². The smallest absolute Gasteiger partial charge is 0.266 e. The molecule has 2 rings (SSSR count). The normalized spacial score (nSPS) is 10.5. The van der Waals surface area contributed by atoms with Crippen molar-refractivity contribution >= 4 is 34.2 Å². The van der Waals surface area contributed by atoms with Crippen LogP contribution in [0.5, 0.6) is 0 Å². The van der Waals surface area contributed by atoms with Crippen LogP contribution in [0.4, 0.5) is 11.6 Å². The van der Waals surface area contributed by atoms with Gasteiger partial charge in [0.2, 0.25) is 0 Å². The van der Waals surface area contributed by atoms with E-state index in [4.69, 9.17) is 10.3 Å². The molecule has 1 heterocycles. The Hall–Kier alpha value is -1.31. The van der Waals surface area contributed by atoms with E-state index < -0.39 is 0 Å². The third kappa shape index (κ3) is 2.51. The summed E-state index contributed by atoms with van der Waals surface area (Å²) in [5.41, 5.74) is 7.31. The molecule has 0 radical (unpaired) electrons. The van der Waals surface area contributed by atoms with Gasteiger partial charge in [-0.2, -0.15) is 4.98 Å². The molecule has 0 aliphatic heterocycles. The molecule has 6 heteroatoms. The van der Waals surface area contributed by atoms with Crippen molar-refractivity contribution in [2.24, 2.45) is 0 Å². The van der Waals surface area contributed by atoms with Crippen molar-refractivity contribution in [1.29, 1.82) is 0 Å². The van der Waals surface area contributed by atoms with Crippen LogP contribution in [0.2, 0.25) is 0 Å². The first kappa shape index (κ1) is 12.2. The third-order valence-electron chi connectivity index (χ3n) is 2.48. The molecule has 0 aliphatic carbocycles. The molecule has 0 spiro atoms. The lowest BCUT2D eigenvalue weighted by Gasteiger charge is -2.08. The molecule has 0 saturated carbocycles. The molecular weight excluding hydrogens is 331 g/mol. The Bertz CT molecular complexity index is 526. The number of benzene rings is 1. The highest BCUT2D eigenvalue weighted by atomic mass is 127. The van der Waals surface area contributed by atoms with Gasteiger partial charge in [0.1, 0.15) is 0 Å². The monoisotopic (exact) mass is 344 g/mol. The second-order valence-corrected chi connectivity index (χ2v) is 4.89. The lowest BCUT2D eigenvalue weighted by molar-refractivity contribution is 0.430. The zero-order valence-electron chi connectivity index (χ0n) is 9.64. The largest absolute Gasteiger partial charge is 0.398 e. The standard InChI is InChI=1S/C11H13IN4O/c1-3-16(2)11-14-10(17-15-11)8-6-7(12)4-5-9(8)13/h4-6H,3,13H2,1-2H3. The van der Waals surface area contributed by atoms with Gasteiger partial charge in [-0.05, 0) is 52.9 Å². The van der Waals surface area contributed by atoms with E-state index in [2.05, 4.69) is 32.7 Å². The summed E-state index contributed by atoms with van der Waals surface area (Å²) in [6, 6.07) is 5.71. The van der Waals surface area contributed by atoms with Gasteiger partial charge in [-0.25, -0.2) is 0 Å². The fourth-order valence-electron chi connectivity index (χ4n) is 1.34. The Morgan fingerprint density at radius 3 is 2.94 bits per heavy atom. The van der Waals surface area contributed by atoms with E-state index in [0.717, 1.165) is 15.7 Å². The molecule has 0 fully saturated rings. The number of hydrogen-bond donors (Lipinski definition) is 1. The first-order valence-electron chi connectivity index (χ1n) is 5.22. The fourth-order valence-corrected chi connectivity index (χ4v) is 1.83. The van der Waals surface area contributed by atoms with Crippen molar-refractivity contribution < 1.29 is 4.52 Å². The fraction of sp³-hybridized carbons (Fsp3) is 0.273. The van der Waals surface area contributed by atoms with Gasteiger partial charge in [-0.1, -0.05) is 0 Å². The van der Waals surface area contributed by atoms with Crippen LogP contribution in [0, 0.1) is 3.57 Å². The van der Waals surface area contributed by atoms with Crippen LogP contribution in [-0.2, 0) is 0 Å². The predicted octanol–water partition coefficient (Wildman–Crippen LogP) is 2.38. The summed E-state index contributed by atoms with van der Waals surface area (Å²) in [7, 11) is 1.91. The average Bonchev–Trinajstić information content (AvgIpc) is 2.80. The minimum Gasteiger partial charge on any atom is -0.398 e. The summed E-state index contributed by atoms with van der Waals surface area (Å²) in [6.07, 6.45) is 0. The van der Waals surface area contributed by atoms with Gasteiger partial charge >= 0.3 is 0 Å². The maximum absolute atomic E-state index is 5.89. The summed E-state index contributed by atoms with van der Waals surface area (Å²) in [5.74, 6) is 1.03. The van der Waals surface area contributed by atoms with E-state index in [1.807, 2.05) is 37.1 Å². The number of hydrogen-bond acceptors (Lipinski definition) is 5. The number of rotatable bonds is 3. The second kappa shape index (κ2) is 4.91. The van der Waals surface area contributed by atoms with Gasteiger partial charge < -0.3 is 15.2 Å². The average molecular weight is 344 g/mol. The Morgan fingerprint density at radius 2 is 2.24 bits per heavy atom. The summed E-state index contributed by atoms with van der Waals surface area (Å²) in [6.45, 7) is 2.84. The Balaban J connectivity index is 2.40. The van der Waals surface area contributed by atoms with Crippen LogP contribution < -0.4 is 10.6 Å². The first-order chi connectivity index (χ1) is 8.11. The van der Waals surface area contributed by atoms with E-state index >= 15 is 0 Å². The Kier molecular flexibility index (Phi) is 3.51. The minimum absolute atomic E-state index is 0.455. The summed E-state index contributed by atoms with van der Waals surface area (Å²) in [5, 5.41) is 3.92. The maximum Gasteiger partial charge on any atom is 0.266 e. The highest BCUT2D eigenvalue weighted by Gasteiger charge is 2.13. The van der Waals surface area contributed by atoms with E-state index in [1.165, 1.54) is 0 Å². The third-order valence-corrected chi connectivity index (χ3v) is 3.15. The minimum atomic E-state index is 0.455. The molecule has 2 N–H and O–H groups in total. The van der Waals surface area contributed by atoms with Crippen molar-refractivity contribution in [3.05, 3.63) is 21.8 Å². The molecule has 1 aromatic carbocycles. The van der Waals surface area contributed by atoms with Crippen LogP contribution in [0.3, 0.4) is 0 Å². The van der Waals surface area contributed by atoms with Gasteiger partial charge in [0.15, 0.2) is 0 Å². The number of nitrogen functional groups attached to an aromatic ring is 1. The van der Waals surface area contributed by atoms with Crippen LogP contribution in [0.25, 0.3) is 11.5 Å². The molecule has 17 heavy (non-hydrogen) atoms. The van der Waals surface area contributed by atoms with Gasteiger partial charge in [-0.15, -0.1) is 0 Å². The second-order valence-electron chi connectivity index (χ2n) is 3.65. The SMILES string of the molecule is CCN(C)c1noc(-c2cc(I)ccc2N)n1. The van der Waals surface area contributed by atoms with Crippen molar-refractivity contribution in [3.8, 4) is 11.5 Å². The zero-order valence-corrected chi connectivity index (χ0v) is 11.8. The molecule has 1 aromatic heterocycles. The van der Waals surface area contributed by atoms with E-state index in [9.17, 15) is 0 Å². The van der Waals surface area contributed by atoms with Crippen molar-refractivity contribution in [2.75, 3.05) is 24.2 Å². The van der Waals surface area contributed by atoms with Gasteiger partial charge in [-0.3, -0.25) is 0 Å². The number of anilines is 2. The number of nitrogens with two attached hydrogens (primary N) is 1. The Labute approximate surface area is 113 Å². The zero-order chi connectivity index (χ0) is 12.4. The highest BCUT2D eigenvalue weighted by molar-refractivity contribution is 14.1. The Morgan fingerprint density at radius 1 is 1.47 bits per heavy atom.